The van der Waals surface area contributed by atoms with Gasteiger partial charge in [0.15, 0.2) is 0 Å². The number of para-hydroxylation sites is 1. The number of aryl methyl sites for hydroxylation is 1. The molecule has 2 nitrogen and oxygen atoms in total. The van der Waals surface area contributed by atoms with Crippen LogP contribution in [0, 0.1) is 0 Å². The molecule has 0 radical (unpaired) electrons. The van der Waals surface area contributed by atoms with Crippen LogP contribution in [0.15, 0.2) is 24.3 Å². The molecule has 110 valence electrons. The van der Waals surface area contributed by atoms with Crippen molar-refractivity contribution in [1.29, 1.82) is 0 Å². The predicted molar refractivity (Wildman–Crippen MR) is 81.9 cm³/mol. The topological polar surface area (TPSA) is 24.1 Å². The summed E-state index contributed by atoms with van der Waals surface area (Å²) in [7, 11) is 0. The number of piperidine rings is 1. The predicted octanol–water partition coefficient (Wildman–Crippen LogP) is 3.67. The highest BCUT2D eigenvalue weighted by molar-refractivity contribution is 5.54. The van der Waals surface area contributed by atoms with E-state index in [4.69, 9.17) is 0 Å². The third-order valence-electron chi connectivity index (χ3n) is 4.83. The minimum absolute atomic E-state index is 0.0684. The molecular weight excluding hydrogens is 251 g/mol. The van der Waals surface area contributed by atoms with Gasteiger partial charge in [-0.1, -0.05) is 24.6 Å². The van der Waals surface area contributed by atoms with E-state index in [1.165, 1.54) is 18.4 Å². The summed E-state index contributed by atoms with van der Waals surface area (Å²) in [5.41, 5.74) is 1.28. The molecule has 2 aliphatic heterocycles. The molecule has 2 heterocycles. The Morgan fingerprint density at radius 2 is 2.10 bits per heavy atom. The molecule has 0 aromatic heterocycles. The second-order valence-electron chi connectivity index (χ2n) is 6.52. The highest BCUT2D eigenvalue weighted by Crippen LogP contribution is 2.34. The monoisotopic (exact) mass is 276 g/mol. The lowest BCUT2D eigenvalue weighted by Gasteiger charge is -2.38. The largest absolute Gasteiger partial charge is 0.379 e. The van der Waals surface area contributed by atoms with Gasteiger partial charge < -0.3 is 10.6 Å². The average molecular weight is 276 g/mol. The van der Waals surface area contributed by atoms with Crippen LogP contribution in [0.2, 0.25) is 0 Å². The number of alkyl halides is 1. The van der Waals surface area contributed by atoms with Gasteiger partial charge in [-0.3, -0.25) is 0 Å². The van der Waals surface area contributed by atoms with Crippen molar-refractivity contribution in [2.45, 2.75) is 63.2 Å². The van der Waals surface area contributed by atoms with Crippen molar-refractivity contribution in [2.75, 3.05) is 11.9 Å². The Labute approximate surface area is 121 Å². The maximum absolute atomic E-state index is 15.2. The SMILES string of the molecule is CC(F)(CC1CCCCN1)C1CCc2ccccc2N1. The molecule has 0 saturated carbocycles. The summed E-state index contributed by atoms with van der Waals surface area (Å²) in [5.74, 6) is 0. The third kappa shape index (κ3) is 2.98. The maximum atomic E-state index is 15.2. The van der Waals surface area contributed by atoms with Crippen molar-refractivity contribution < 1.29 is 4.39 Å². The molecule has 0 aliphatic carbocycles. The summed E-state index contributed by atoms with van der Waals surface area (Å²) in [6.07, 6.45) is 6.06. The standard InChI is InChI=1S/C17H25FN2/c1-17(18,12-14-7-4-5-11-19-14)16-10-9-13-6-2-3-8-15(13)20-16/h2-3,6,8,14,16,19-20H,4-5,7,9-12H2,1H3. The first-order valence-electron chi connectivity index (χ1n) is 7.92. The summed E-state index contributed by atoms with van der Waals surface area (Å²) in [6, 6.07) is 8.56. The molecule has 1 aromatic carbocycles. The van der Waals surface area contributed by atoms with Gasteiger partial charge in [0.2, 0.25) is 0 Å². The van der Waals surface area contributed by atoms with E-state index >= 15 is 4.39 Å². The molecule has 2 N–H and O–H groups in total. The molecule has 3 unspecified atom stereocenters. The highest BCUT2D eigenvalue weighted by atomic mass is 19.1. The molecule has 1 fully saturated rings. The number of hydrogen-bond acceptors (Lipinski definition) is 2. The van der Waals surface area contributed by atoms with Crippen molar-refractivity contribution in [3.05, 3.63) is 29.8 Å². The number of nitrogens with one attached hydrogen (secondary N) is 2. The van der Waals surface area contributed by atoms with Crippen molar-refractivity contribution >= 4 is 5.69 Å². The summed E-state index contributed by atoms with van der Waals surface area (Å²) in [5, 5.41) is 6.89. The number of anilines is 1. The van der Waals surface area contributed by atoms with E-state index in [1.807, 2.05) is 6.07 Å². The fourth-order valence-electron chi connectivity index (χ4n) is 3.61. The van der Waals surface area contributed by atoms with Crippen molar-refractivity contribution in [1.82, 2.24) is 5.32 Å². The van der Waals surface area contributed by atoms with Crippen LogP contribution in [-0.2, 0) is 6.42 Å². The van der Waals surface area contributed by atoms with E-state index in [0.717, 1.165) is 31.5 Å². The molecular formula is C17H25FN2. The Hall–Kier alpha value is -1.09. The second kappa shape index (κ2) is 5.72. The van der Waals surface area contributed by atoms with Gasteiger partial charge in [-0.2, -0.15) is 0 Å². The van der Waals surface area contributed by atoms with Crippen LogP contribution in [0.5, 0.6) is 0 Å². The van der Waals surface area contributed by atoms with Crippen molar-refractivity contribution in [2.24, 2.45) is 0 Å². The Morgan fingerprint density at radius 1 is 1.25 bits per heavy atom. The third-order valence-corrected chi connectivity index (χ3v) is 4.83. The Kier molecular flexibility index (Phi) is 3.97. The minimum atomic E-state index is -1.15. The lowest BCUT2D eigenvalue weighted by atomic mass is 9.83. The summed E-state index contributed by atoms with van der Waals surface area (Å²) in [6.45, 7) is 2.82. The Morgan fingerprint density at radius 3 is 2.90 bits per heavy atom. The number of fused-ring (bicyclic) bond motifs is 1. The average Bonchev–Trinajstić information content (AvgIpc) is 2.47. The van der Waals surface area contributed by atoms with Gasteiger partial charge in [0.1, 0.15) is 5.67 Å². The highest BCUT2D eigenvalue weighted by Gasteiger charge is 2.38. The van der Waals surface area contributed by atoms with E-state index < -0.39 is 5.67 Å². The zero-order chi connectivity index (χ0) is 14.0. The summed E-state index contributed by atoms with van der Waals surface area (Å²) >= 11 is 0. The van der Waals surface area contributed by atoms with Crippen LogP contribution in [0.4, 0.5) is 10.1 Å². The molecule has 0 amide bonds. The second-order valence-corrected chi connectivity index (χ2v) is 6.52. The van der Waals surface area contributed by atoms with Gasteiger partial charge in [-0.15, -0.1) is 0 Å². The van der Waals surface area contributed by atoms with Gasteiger partial charge >= 0.3 is 0 Å². The van der Waals surface area contributed by atoms with Crippen LogP contribution in [-0.4, -0.2) is 24.3 Å². The first-order valence-corrected chi connectivity index (χ1v) is 7.92. The fraction of sp³-hybridized carbons (Fsp3) is 0.647. The quantitative estimate of drug-likeness (QED) is 0.880. The van der Waals surface area contributed by atoms with Gasteiger partial charge in [-0.25, -0.2) is 4.39 Å². The van der Waals surface area contributed by atoms with E-state index in [2.05, 4.69) is 28.8 Å². The zero-order valence-corrected chi connectivity index (χ0v) is 12.3. The van der Waals surface area contributed by atoms with E-state index in [9.17, 15) is 0 Å². The van der Waals surface area contributed by atoms with Crippen molar-refractivity contribution in [3.8, 4) is 0 Å². The molecule has 1 saturated heterocycles. The van der Waals surface area contributed by atoms with Gasteiger partial charge in [0, 0.05) is 11.7 Å². The van der Waals surface area contributed by atoms with Crippen molar-refractivity contribution in [3.63, 3.8) is 0 Å². The normalized spacial score (nSPS) is 29.1. The van der Waals surface area contributed by atoms with Crippen LogP contribution in [0.1, 0.15) is 44.6 Å². The molecule has 3 rings (SSSR count). The maximum Gasteiger partial charge on any atom is 0.129 e. The van der Waals surface area contributed by atoms with E-state index in [1.54, 1.807) is 6.92 Å². The van der Waals surface area contributed by atoms with Gasteiger partial charge in [-0.05, 0) is 57.2 Å². The molecule has 20 heavy (non-hydrogen) atoms. The number of hydrogen-bond donors (Lipinski definition) is 2. The number of benzene rings is 1. The van der Waals surface area contributed by atoms with Crippen LogP contribution in [0.3, 0.4) is 0 Å². The van der Waals surface area contributed by atoms with Crippen LogP contribution >= 0.6 is 0 Å². The van der Waals surface area contributed by atoms with E-state index in [-0.39, 0.29) is 6.04 Å². The number of rotatable bonds is 3. The molecule has 1 aromatic rings. The van der Waals surface area contributed by atoms with E-state index in [0.29, 0.717) is 12.5 Å². The van der Waals surface area contributed by atoms with Gasteiger partial charge in [0.05, 0.1) is 6.04 Å². The van der Waals surface area contributed by atoms with Crippen LogP contribution < -0.4 is 10.6 Å². The molecule has 2 aliphatic rings. The molecule has 3 atom stereocenters. The molecule has 3 heteroatoms. The van der Waals surface area contributed by atoms with Crippen LogP contribution in [0.25, 0.3) is 0 Å². The fourth-order valence-corrected chi connectivity index (χ4v) is 3.61. The Balaban J connectivity index is 1.66. The zero-order valence-electron chi connectivity index (χ0n) is 12.3. The molecule has 0 bridgehead atoms. The summed E-state index contributed by atoms with van der Waals surface area (Å²) < 4.78 is 15.2. The smallest absolute Gasteiger partial charge is 0.129 e. The first-order chi connectivity index (χ1) is 9.65. The van der Waals surface area contributed by atoms with Gasteiger partial charge in [0.25, 0.3) is 0 Å². The molecule has 0 spiro atoms. The lowest BCUT2D eigenvalue weighted by molar-refractivity contribution is 0.115. The lowest BCUT2D eigenvalue weighted by Crippen LogP contribution is -2.48. The first kappa shape index (κ1) is 13.9. The number of halogens is 1. The minimum Gasteiger partial charge on any atom is -0.379 e. The summed E-state index contributed by atoms with van der Waals surface area (Å²) in [4.78, 5) is 0. The Bertz CT molecular complexity index is 452.